The van der Waals surface area contributed by atoms with Crippen molar-refractivity contribution in [3.8, 4) is 23.8 Å². The minimum atomic E-state index is -1.01. The number of aliphatic carboxylic acids is 1. The molecule has 0 aromatic heterocycles. The van der Waals surface area contributed by atoms with Crippen LogP contribution in [0.5, 0.6) is 11.5 Å². The molecule has 1 heterocycles. The van der Waals surface area contributed by atoms with Crippen molar-refractivity contribution in [1.82, 2.24) is 4.90 Å². The van der Waals surface area contributed by atoms with Crippen molar-refractivity contribution < 1.29 is 29.0 Å². The Morgan fingerprint density at radius 3 is 2.13 bits per heavy atom. The third-order valence-corrected chi connectivity index (χ3v) is 7.69. The molecule has 0 saturated carbocycles. The summed E-state index contributed by atoms with van der Waals surface area (Å²) in [6.45, 7) is 11.7. The number of ketones is 2. The molecular weight excluding hydrogens is 494 g/mol. The molecule has 7 heteroatoms. The highest BCUT2D eigenvalue weighted by Crippen LogP contribution is 2.55. The summed E-state index contributed by atoms with van der Waals surface area (Å²) in [6.07, 6.45) is 9.33. The average Bonchev–Trinajstić information content (AvgIpc) is 2.82. The number of hydrogen-bond donors (Lipinski definition) is 1. The summed E-state index contributed by atoms with van der Waals surface area (Å²) in [5, 5.41) is 9.88. The molecule has 0 unspecified atom stereocenters. The van der Waals surface area contributed by atoms with Crippen LogP contribution in [0.2, 0.25) is 0 Å². The van der Waals surface area contributed by atoms with Crippen molar-refractivity contribution in [2.24, 2.45) is 10.8 Å². The lowest BCUT2D eigenvalue weighted by Gasteiger charge is -2.48. The highest BCUT2D eigenvalue weighted by Gasteiger charge is 2.49. The normalized spacial score (nSPS) is 20.3. The smallest absolute Gasteiger partial charge is 0.323 e. The SMILES string of the molecule is C#CCOc1c(CC=C)cc(C2C3=C(CC(C)(C)CC3=O)N(CC(=O)O)C3=C2C(=O)CC(C)(C)C3)cc1OC. The number of ether oxygens (including phenoxy) is 2. The molecule has 0 radical (unpaired) electrons. The fourth-order valence-corrected chi connectivity index (χ4v) is 6.29. The standard InChI is InChI=1S/C32H37NO6/c1-8-10-19-12-20(13-25(38-7)30(19)39-11-9-2)27-28-21(14-31(3,4)16-23(28)34)33(18-26(36)37)22-15-32(5,6)17-24(35)29(22)27/h2,8,12-13,27H,1,10-11,14-18H2,3-7H3,(H,36,37). The molecule has 39 heavy (non-hydrogen) atoms. The van der Waals surface area contributed by atoms with Gasteiger partial charge in [-0.3, -0.25) is 14.4 Å². The second-order valence-electron chi connectivity index (χ2n) is 12.2. The number of carboxylic acids is 1. The molecule has 0 amide bonds. The van der Waals surface area contributed by atoms with Gasteiger partial charge < -0.3 is 19.5 Å². The van der Waals surface area contributed by atoms with Crippen LogP contribution in [0.15, 0.2) is 47.3 Å². The van der Waals surface area contributed by atoms with E-state index in [0.29, 0.717) is 66.1 Å². The first-order valence-electron chi connectivity index (χ1n) is 13.2. The van der Waals surface area contributed by atoms with E-state index in [-0.39, 0.29) is 35.5 Å². The lowest BCUT2D eigenvalue weighted by Crippen LogP contribution is -2.45. The van der Waals surface area contributed by atoms with Crippen LogP contribution >= 0.6 is 0 Å². The average molecular weight is 532 g/mol. The Hall–Kier alpha value is -3.79. The zero-order valence-electron chi connectivity index (χ0n) is 23.5. The summed E-state index contributed by atoms with van der Waals surface area (Å²) in [4.78, 5) is 41.6. The van der Waals surface area contributed by atoms with Gasteiger partial charge >= 0.3 is 5.97 Å². The maximum absolute atomic E-state index is 13.9. The highest BCUT2D eigenvalue weighted by molar-refractivity contribution is 6.07. The quantitative estimate of drug-likeness (QED) is 0.364. The topological polar surface area (TPSA) is 93.1 Å². The van der Waals surface area contributed by atoms with Gasteiger partial charge in [0.25, 0.3) is 0 Å². The summed E-state index contributed by atoms with van der Waals surface area (Å²) in [5.41, 5.74) is 3.23. The Morgan fingerprint density at radius 2 is 1.67 bits per heavy atom. The van der Waals surface area contributed by atoms with Gasteiger partial charge in [0.15, 0.2) is 23.1 Å². The molecule has 1 aromatic rings. The van der Waals surface area contributed by atoms with E-state index in [1.54, 1.807) is 11.0 Å². The third kappa shape index (κ3) is 5.38. The molecule has 1 N–H and O–H groups in total. The number of nitrogens with zero attached hydrogens (tertiary/aromatic N) is 1. The van der Waals surface area contributed by atoms with Crippen LogP contribution < -0.4 is 9.47 Å². The van der Waals surface area contributed by atoms with E-state index in [1.807, 2.05) is 39.8 Å². The van der Waals surface area contributed by atoms with E-state index in [9.17, 15) is 19.5 Å². The van der Waals surface area contributed by atoms with Crippen LogP contribution in [0.25, 0.3) is 0 Å². The molecule has 0 atom stereocenters. The Morgan fingerprint density at radius 1 is 1.10 bits per heavy atom. The highest BCUT2D eigenvalue weighted by atomic mass is 16.5. The number of terminal acetylenes is 1. The number of carbonyl (C=O) groups is 3. The zero-order chi connectivity index (χ0) is 28.7. The number of hydrogen-bond acceptors (Lipinski definition) is 6. The van der Waals surface area contributed by atoms with Gasteiger partial charge in [-0.15, -0.1) is 13.0 Å². The molecule has 3 aliphatic rings. The molecular formula is C32H37NO6. The maximum Gasteiger partial charge on any atom is 0.323 e. The Bertz CT molecular complexity index is 1300. The van der Waals surface area contributed by atoms with Crippen molar-refractivity contribution in [3.05, 3.63) is 58.5 Å². The number of benzene rings is 1. The fraction of sp³-hybridized carbons (Fsp3) is 0.469. The first-order valence-corrected chi connectivity index (χ1v) is 13.2. The molecule has 2 aliphatic carbocycles. The van der Waals surface area contributed by atoms with Crippen molar-refractivity contribution in [2.75, 3.05) is 20.3 Å². The molecule has 0 saturated heterocycles. The number of Topliss-reactive ketones (excluding diaryl/α,β-unsaturated/α-hetero) is 2. The molecule has 1 aromatic carbocycles. The van der Waals surface area contributed by atoms with Crippen molar-refractivity contribution >= 4 is 17.5 Å². The van der Waals surface area contributed by atoms with E-state index in [1.165, 1.54) is 7.11 Å². The Kier molecular flexibility index (Phi) is 7.53. The van der Waals surface area contributed by atoms with Crippen LogP contribution in [-0.4, -0.2) is 47.8 Å². The van der Waals surface area contributed by atoms with Crippen molar-refractivity contribution in [1.29, 1.82) is 0 Å². The van der Waals surface area contributed by atoms with Crippen LogP contribution in [0, 0.1) is 23.2 Å². The second kappa shape index (κ2) is 10.4. The van der Waals surface area contributed by atoms with E-state index >= 15 is 0 Å². The van der Waals surface area contributed by atoms with Gasteiger partial charge in [0, 0.05) is 46.9 Å². The predicted molar refractivity (Wildman–Crippen MR) is 148 cm³/mol. The zero-order valence-corrected chi connectivity index (χ0v) is 23.5. The number of carbonyl (C=O) groups excluding carboxylic acids is 2. The second-order valence-corrected chi connectivity index (χ2v) is 12.2. The van der Waals surface area contributed by atoms with Gasteiger partial charge in [-0.2, -0.15) is 0 Å². The Labute approximate surface area is 230 Å². The van der Waals surface area contributed by atoms with Crippen LogP contribution in [0.3, 0.4) is 0 Å². The minimum absolute atomic E-state index is 0.0547. The summed E-state index contributed by atoms with van der Waals surface area (Å²) in [7, 11) is 1.53. The number of carboxylic acid groups (broad SMARTS) is 1. The number of allylic oxidation sites excluding steroid dienone is 5. The summed E-state index contributed by atoms with van der Waals surface area (Å²) in [5.74, 6) is 1.64. The van der Waals surface area contributed by atoms with E-state index in [0.717, 1.165) is 11.1 Å². The van der Waals surface area contributed by atoms with E-state index < -0.39 is 11.9 Å². The van der Waals surface area contributed by atoms with Gasteiger partial charge in [-0.05, 0) is 41.7 Å². The van der Waals surface area contributed by atoms with Crippen molar-refractivity contribution in [2.45, 2.75) is 65.7 Å². The molecule has 206 valence electrons. The van der Waals surface area contributed by atoms with Gasteiger partial charge in [0.2, 0.25) is 0 Å². The third-order valence-electron chi connectivity index (χ3n) is 7.69. The number of rotatable bonds is 8. The molecule has 1 aliphatic heterocycles. The van der Waals surface area contributed by atoms with E-state index in [2.05, 4.69) is 12.5 Å². The fourth-order valence-electron chi connectivity index (χ4n) is 6.29. The van der Waals surface area contributed by atoms with Crippen molar-refractivity contribution in [3.63, 3.8) is 0 Å². The van der Waals surface area contributed by atoms with Crippen LogP contribution in [-0.2, 0) is 20.8 Å². The lowest BCUT2D eigenvalue weighted by atomic mass is 9.63. The largest absolute Gasteiger partial charge is 0.493 e. The number of methoxy groups -OCH3 is 1. The molecule has 0 bridgehead atoms. The lowest BCUT2D eigenvalue weighted by molar-refractivity contribution is -0.138. The van der Waals surface area contributed by atoms with E-state index in [4.69, 9.17) is 15.9 Å². The monoisotopic (exact) mass is 531 g/mol. The summed E-state index contributed by atoms with van der Waals surface area (Å²) in [6, 6.07) is 3.74. The summed E-state index contributed by atoms with van der Waals surface area (Å²) < 4.78 is 11.5. The molecule has 4 rings (SSSR count). The minimum Gasteiger partial charge on any atom is -0.493 e. The predicted octanol–water partition coefficient (Wildman–Crippen LogP) is 5.21. The van der Waals surface area contributed by atoms with Gasteiger partial charge in [-0.25, -0.2) is 0 Å². The van der Waals surface area contributed by atoms with Gasteiger partial charge in [0.05, 0.1) is 7.11 Å². The molecule has 0 fully saturated rings. The van der Waals surface area contributed by atoms with Gasteiger partial charge in [0.1, 0.15) is 13.2 Å². The molecule has 7 nitrogen and oxygen atoms in total. The first-order chi connectivity index (χ1) is 18.3. The maximum atomic E-state index is 13.9. The Balaban J connectivity index is 2.04. The van der Waals surface area contributed by atoms with Crippen LogP contribution in [0.1, 0.15) is 70.4 Å². The van der Waals surface area contributed by atoms with Gasteiger partial charge in [-0.1, -0.05) is 45.8 Å². The van der Waals surface area contributed by atoms with Crippen LogP contribution in [0.4, 0.5) is 0 Å². The first kappa shape index (κ1) is 28.2. The molecule has 0 spiro atoms. The summed E-state index contributed by atoms with van der Waals surface area (Å²) >= 11 is 0.